The zero-order valence-corrected chi connectivity index (χ0v) is 13.3. The Balaban J connectivity index is 2.21. The lowest BCUT2D eigenvalue weighted by Gasteiger charge is -2.10. The molecule has 3 N–H and O–H groups in total. The van der Waals surface area contributed by atoms with E-state index in [1.54, 1.807) is 24.9 Å². The van der Waals surface area contributed by atoms with E-state index < -0.39 is 0 Å². The van der Waals surface area contributed by atoms with Crippen molar-refractivity contribution >= 4 is 17.6 Å². The number of nitrogen functional groups attached to an aromatic ring is 1. The van der Waals surface area contributed by atoms with E-state index in [1.807, 2.05) is 19.1 Å². The second-order valence-electron chi connectivity index (χ2n) is 4.85. The van der Waals surface area contributed by atoms with Crippen LogP contribution in [0.25, 0.3) is 0 Å². The number of nitrogens with zero attached hydrogens (tertiary/aromatic N) is 1. The normalized spacial score (nSPS) is 10.4. The number of aromatic nitrogens is 1. The van der Waals surface area contributed by atoms with E-state index in [0.717, 1.165) is 27.8 Å². The van der Waals surface area contributed by atoms with Gasteiger partial charge >= 0.3 is 0 Å². The molecule has 1 heterocycles. The number of pyridine rings is 1. The van der Waals surface area contributed by atoms with Crippen LogP contribution in [0, 0.1) is 19.3 Å². The molecular formula is C16H19N3OS. The van der Waals surface area contributed by atoms with E-state index in [2.05, 4.69) is 24.0 Å². The molecule has 0 aliphatic carbocycles. The van der Waals surface area contributed by atoms with Gasteiger partial charge in [-0.2, -0.15) is 0 Å². The molecular weight excluding hydrogens is 282 g/mol. The van der Waals surface area contributed by atoms with Gasteiger partial charge in [-0.15, -0.1) is 11.8 Å². The summed E-state index contributed by atoms with van der Waals surface area (Å²) in [4.78, 5) is 4.52. The number of methoxy groups -OCH3 is 1. The van der Waals surface area contributed by atoms with Crippen molar-refractivity contribution in [3.8, 4) is 5.75 Å². The maximum atomic E-state index is 7.53. The minimum absolute atomic E-state index is 0.0634. The summed E-state index contributed by atoms with van der Waals surface area (Å²) < 4.78 is 5.37. The van der Waals surface area contributed by atoms with Crippen molar-refractivity contribution in [1.29, 1.82) is 5.41 Å². The van der Waals surface area contributed by atoms with Crippen LogP contribution in [0.5, 0.6) is 5.75 Å². The summed E-state index contributed by atoms with van der Waals surface area (Å²) >= 11 is 1.65. The lowest BCUT2D eigenvalue weighted by atomic mass is 10.1. The van der Waals surface area contributed by atoms with Crippen LogP contribution in [0.1, 0.15) is 22.4 Å². The zero-order valence-electron chi connectivity index (χ0n) is 12.4. The molecule has 0 atom stereocenters. The lowest BCUT2D eigenvalue weighted by Crippen LogP contribution is -2.11. The minimum atomic E-state index is 0.0634. The number of aryl methyl sites for hydroxylation is 2. The maximum Gasteiger partial charge on any atom is 0.122 e. The number of hydrogen-bond donors (Lipinski definition) is 2. The van der Waals surface area contributed by atoms with Gasteiger partial charge in [-0.25, -0.2) is 4.98 Å². The smallest absolute Gasteiger partial charge is 0.122 e. The van der Waals surface area contributed by atoms with Gasteiger partial charge in [-0.05, 0) is 49.7 Å². The highest BCUT2D eigenvalue weighted by Gasteiger charge is 2.08. The number of ether oxygens (including phenoxy) is 1. The molecule has 0 saturated carbocycles. The van der Waals surface area contributed by atoms with Gasteiger partial charge in [0.1, 0.15) is 11.6 Å². The van der Waals surface area contributed by atoms with E-state index in [0.29, 0.717) is 5.56 Å². The van der Waals surface area contributed by atoms with Crippen molar-refractivity contribution in [1.82, 2.24) is 4.98 Å². The summed E-state index contributed by atoms with van der Waals surface area (Å²) in [7, 11) is 1.64. The van der Waals surface area contributed by atoms with Gasteiger partial charge in [-0.3, -0.25) is 5.41 Å². The summed E-state index contributed by atoms with van der Waals surface area (Å²) in [6, 6.07) is 9.67. The molecule has 2 rings (SSSR count). The predicted octanol–water partition coefficient (Wildman–Crippen LogP) is 3.28. The van der Waals surface area contributed by atoms with Crippen molar-refractivity contribution < 1.29 is 4.74 Å². The van der Waals surface area contributed by atoms with Crippen LogP contribution in [0.4, 0.5) is 0 Å². The van der Waals surface area contributed by atoms with Gasteiger partial charge in [0, 0.05) is 22.6 Å². The van der Waals surface area contributed by atoms with Crippen LogP contribution in [-0.2, 0) is 5.75 Å². The van der Waals surface area contributed by atoms with Crippen LogP contribution in [0.2, 0.25) is 0 Å². The molecule has 2 aromatic rings. The first-order valence-electron chi connectivity index (χ1n) is 6.59. The van der Waals surface area contributed by atoms with Crippen LogP contribution in [-0.4, -0.2) is 17.9 Å². The van der Waals surface area contributed by atoms with Crippen LogP contribution in [0.15, 0.2) is 35.4 Å². The fourth-order valence-electron chi connectivity index (χ4n) is 2.09. The standard InChI is InChI=1S/C16H19N3OS/c1-10-6-11(2)19-15(7-10)21-9-13-8-12(16(17)18)4-5-14(13)20-3/h4-8H,9H2,1-3H3,(H3,17,18). The van der Waals surface area contributed by atoms with E-state index >= 15 is 0 Å². The SMILES string of the molecule is COc1ccc(C(=N)N)cc1CSc1cc(C)cc(C)n1. The summed E-state index contributed by atoms with van der Waals surface area (Å²) in [6.07, 6.45) is 0. The third-order valence-electron chi connectivity index (χ3n) is 3.04. The molecule has 0 radical (unpaired) electrons. The van der Waals surface area contributed by atoms with E-state index in [4.69, 9.17) is 15.9 Å². The van der Waals surface area contributed by atoms with Crippen molar-refractivity contribution in [3.05, 3.63) is 52.7 Å². The van der Waals surface area contributed by atoms with Crippen LogP contribution >= 0.6 is 11.8 Å². The Bertz CT molecular complexity index is 650. The molecule has 1 aromatic carbocycles. The average molecular weight is 301 g/mol. The Morgan fingerprint density at radius 2 is 2.05 bits per heavy atom. The Labute approximate surface area is 129 Å². The highest BCUT2D eigenvalue weighted by Crippen LogP contribution is 2.28. The summed E-state index contributed by atoms with van der Waals surface area (Å²) in [6.45, 7) is 4.06. The zero-order chi connectivity index (χ0) is 15.4. The average Bonchev–Trinajstić information content (AvgIpc) is 2.43. The number of benzene rings is 1. The molecule has 0 fully saturated rings. The van der Waals surface area contributed by atoms with Crippen LogP contribution in [0.3, 0.4) is 0 Å². The fraction of sp³-hybridized carbons (Fsp3) is 0.250. The lowest BCUT2D eigenvalue weighted by molar-refractivity contribution is 0.411. The molecule has 110 valence electrons. The van der Waals surface area contributed by atoms with Gasteiger partial charge in [0.25, 0.3) is 0 Å². The Hall–Kier alpha value is -2.01. The second-order valence-corrected chi connectivity index (χ2v) is 5.85. The van der Waals surface area contributed by atoms with Gasteiger partial charge in [0.2, 0.25) is 0 Å². The summed E-state index contributed by atoms with van der Waals surface area (Å²) in [5.41, 5.74) is 9.48. The van der Waals surface area contributed by atoms with E-state index in [-0.39, 0.29) is 5.84 Å². The molecule has 0 spiro atoms. The molecule has 21 heavy (non-hydrogen) atoms. The first kappa shape index (κ1) is 15.4. The van der Waals surface area contributed by atoms with Gasteiger partial charge in [0.05, 0.1) is 12.1 Å². The first-order chi connectivity index (χ1) is 9.99. The summed E-state index contributed by atoms with van der Waals surface area (Å²) in [5.74, 6) is 1.59. The largest absolute Gasteiger partial charge is 0.496 e. The van der Waals surface area contributed by atoms with E-state index in [9.17, 15) is 0 Å². The number of thioether (sulfide) groups is 1. The number of hydrogen-bond acceptors (Lipinski definition) is 4. The fourth-order valence-corrected chi connectivity index (χ4v) is 3.10. The summed E-state index contributed by atoms with van der Waals surface area (Å²) in [5, 5.41) is 8.52. The van der Waals surface area contributed by atoms with E-state index in [1.165, 1.54) is 5.56 Å². The Morgan fingerprint density at radius 3 is 2.67 bits per heavy atom. The third kappa shape index (κ3) is 3.98. The second kappa shape index (κ2) is 6.63. The molecule has 0 saturated heterocycles. The number of nitrogens with two attached hydrogens (primary N) is 1. The molecule has 0 unspecified atom stereocenters. The van der Waals surface area contributed by atoms with Crippen molar-refractivity contribution in [2.75, 3.05) is 7.11 Å². The topological polar surface area (TPSA) is 72.0 Å². The maximum absolute atomic E-state index is 7.53. The number of nitrogens with one attached hydrogen (secondary N) is 1. The van der Waals surface area contributed by atoms with Crippen molar-refractivity contribution in [2.45, 2.75) is 24.6 Å². The highest BCUT2D eigenvalue weighted by molar-refractivity contribution is 7.98. The van der Waals surface area contributed by atoms with Crippen LogP contribution < -0.4 is 10.5 Å². The number of amidine groups is 1. The van der Waals surface area contributed by atoms with Gasteiger partial charge < -0.3 is 10.5 Å². The van der Waals surface area contributed by atoms with Gasteiger partial charge in [-0.1, -0.05) is 0 Å². The minimum Gasteiger partial charge on any atom is -0.496 e. The number of rotatable bonds is 5. The van der Waals surface area contributed by atoms with Crippen molar-refractivity contribution in [2.24, 2.45) is 5.73 Å². The molecule has 0 aliphatic heterocycles. The third-order valence-corrected chi connectivity index (χ3v) is 4.00. The Kier molecular flexibility index (Phi) is 4.85. The quantitative estimate of drug-likeness (QED) is 0.505. The Morgan fingerprint density at radius 1 is 1.29 bits per heavy atom. The first-order valence-corrected chi connectivity index (χ1v) is 7.57. The molecule has 0 bridgehead atoms. The molecule has 4 nitrogen and oxygen atoms in total. The van der Waals surface area contributed by atoms with Crippen molar-refractivity contribution in [3.63, 3.8) is 0 Å². The predicted molar refractivity (Wildman–Crippen MR) is 87.3 cm³/mol. The molecule has 0 amide bonds. The monoisotopic (exact) mass is 301 g/mol. The molecule has 5 heteroatoms. The highest BCUT2D eigenvalue weighted by atomic mass is 32.2. The van der Waals surface area contributed by atoms with Gasteiger partial charge in [0.15, 0.2) is 0 Å². The molecule has 1 aromatic heterocycles. The molecule has 0 aliphatic rings.